The fourth-order valence-corrected chi connectivity index (χ4v) is 4.03. The first-order valence-corrected chi connectivity index (χ1v) is 10.1. The van der Waals surface area contributed by atoms with Gasteiger partial charge in [0.15, 0.2) is 0 Å². The number of nitrogens with zero attached hydrogens (tertiary/aromatic N) is 1. The van der Waals surface area contributed by atoms with Gasteiger partial charge in [0.25, 0.3) is 0 Å². The summed E-state index contributed by atoms with van der Waals surface area (Å²) in [5, 5.41) is 27.9. The minimum Gasteiger partial charge on any atom is -0.394 e. The molecule has 0 fully saturated rings. The van der Waals surface area contributed by atoms with Crippen LogP contribution in [0.3, 0.4) is 0 Å². The van der Waals surface area contributed by atoms with Gasteiger partial charge in [-0.3, -0.25) is 0 Å². The molecule has 3 N–H and O–H groups in total. The van der Waals surface area contributed by atoms with E-state index in [1.165, 1.54) is 32.6 Å². The lowest BCUT2D eigenvalue weighted by Crippen LogP contribution is -2.55. The van der Waals surface area contributed by atoms with E-state index in [1.54, 1.807) is 0 Å². The van der Waals surface area contributed by atoms with Crippen LogP contribution in [0.1, 0.15) is 12.5 Å². The average Bonchev–Trinajstić information content (AvgIpc) is 3.06. The molecule has 0 atom stereocenters. The second-order valence-corrected chi connectivity index (χ2v) is 7.68. The fraction of sp³-hybridized carbons (Fsp3) is 0.333. The molecule has 160 valence electrons. The summed E-state index contributed by atoms with van der Waals surface area (Å²) in [4.78, 5) is 0. The zero-order valence-electron chi connectivity index (χ0n) is 17.4. The molecule has 0 bridgehead atoms. The lowest BCUT2D eigenvalue weighted by atomic mass is 10.0. The molecule has 6 heteroatoms. The summed E-state index contributed by atoms with van der Waals surface area (Å²) in [6, 6.07) is 19.3. The van der Waals surface area contributed by atoms with Crippen LogP contribution in [0.15, 0.2) is 54.6 Å². The third kappa shape index (κ3) is 3.92. The van der Waals surface area contributed by atoms with E-state index in [-0.39, 0.29) is 32.2 Å². The minimum absolute atomic E-state index is 0. The molecule has 4 aromatic rings. The Balaban J connectivity index is 0.00000256. The van der Waals surface area contributed by atoms with E-state index < -0.39 is 5.54 Å². The Bertz CT molecular complexity index is 1150. The number of halogens is 1. The van der Waals surface area contributed by atoms with E-state index >= 15 is 0 Å². The Morgan fingerprint density at radius 3 is 2.43 bits per heavy atom. The average molecular weight is 429 g/mol. The minimum atomic E-state index is -0.851. The molecule has 0 aliphatic heterocycles. The summed E-state index contributed by atoms with van der Waals surface area (Å²) in [7, 11) is 2.10. The number of aromatic nitrogens is 1. The predicted octanol–water partition coefficient (Wildman–Crippen LogP) is 3.76. The highest BCUT2D eigenvalue weighted by Gasteiger charge is 2.28. The normalized spacial score (nSPS) is 12.0. The van der Waals surface area contributed by atoms with Crippen LogP contribution < -0.4 is 5.32 Å². The predicted molar refractivity (Wildman–Crippen MR) is 125 cm³/mol. The van der Waals surface area contributed by atoms with Crippen LogP contribution in [0, 0.1) is 0 Å². The van der Waals surface area contributed by atoms with Crippen LogP contribution in [-0.4, -0.2) is 46.7 Å². The van der Waals surface area contributed by atoms with E-state index in [4.69, 9.17) is 4.74 Å². The zero-order chi connectivity index (χ0) is 20.4. The Hall–Kier alpha value is -2.15. The molecule has 3 aromatic carbocycles. The number of aliphatic hydroxyl groups is 2. The van der Waals surface area contributed by atoms with Crippen molar-refractivity contribution in [2.45, 2.75) is 19.0 Å². The number of ether oxygens (including phenoxy) is 1. The van der Waals surface area contributed by atoms with Crippen molar-refractivity contribution < 1.29 is 14.9 Å². The number of hydrogen-bond donors (Lipinski definition) is 3. The van der Waals surface area contributed by atoms with Gasteiger partial charge in [0.2, 0.25) is 0 Å². The van der Waals surface area contributed by atoms with Gasteiger partial charge in [0.05, 0.1) is 25.4 Å². The Morgan fingerprint density at radius 1 is 0.967 bits per heavy atom. The molecule has 1 aromatic heterocycles. The molecule has 0 aliphatic carbocycles. The topological polar surface area (TPSA) is 66.7 Å². The van der Waals surface area contributed by atoms with Crippen LogP contribution in [0.25, 0.3) is 32.6 Å². The fourth-order valence-electron chi connectivity index (χ4n) is 4.03. The number of aliphatic hydroxyl groups excluding tert-OH is 2. The van der Waals surface area contributed by atoms with Crippen molar-refractivity contribution >= 4 is 45.0 Å². The van der Waals surface area contributed by atoms with E-state index in [9.17, 15) is 10.2 Å². The first-order valence-electron chi connectivity index (χ1n) is 10.1. The van der Waals surface area contributed by atoms with Crippen molar-refractivity contribution in [2.24, 2.45) is 7.05 Å². The number of benzene rings is 3. The van der Waals surface area contributed by atoms with Crippen LogP contribution in [0.5, 0.6) is 0 Å². The van der Waals surface area contributed by atoms with Gasteiger partial charge in [-0.2, -0.15) is 0 Å². The molecule has 30 heavy (non-hydrogen) atoms. The molecule has 1 heterocycles. The SMILES string of the molecule is CCOCC(CO)(CO)NCc1ccc2c(c1)c1c3ccccc3ccc1n2C.Cl. The van der Waals surface area contributed by atoms with E-state index in [0.29, 0.717) is 13.2 Å². The molecular weight excluding hydrogens is 400 g/mol. The molecule has 0 radical (unpaired) electrons. The van der Waals surface area contributed by atoms with Gasteiger partial charge in [0, 0.05) is 42.0 Å². The Morgan fingerprint density at radius 2 is 1.70 bits per heavy atom. The monoisotopic (exact) mass is 428 g/mol. The van der Waals surface area contributed by atoms with Crippen LogP contribution >= 0.6 is 12.4 Å². The Kier molecular flexibility index (Phi) is 7.01. The molecule has 0 aliphatic rings. The standard InChI is InChI=1S/C24H28N2O3.ClH/c1-3-29-16-24(14-27,15-28)25-13-17-8-10-21-20(12-17)23-19-7-5-4-6-18(19)9-11-22(23)26(21)2;/h4-12,25,27-28H,3,13-16H2,1-2H3;1H. The van der Waals surface area contributed by atoms with Gasteiger partial charge in [-0.1, -0.05) is 36.4 Å². The maximum Gasteiger partial charge on any atom is 0.0886 e. The molecule has 0 saturated carbocycles. The highest BCUT2D eigenvalue weighted by atomic mass is 35.5. The molecule has 0 unspecified atom stereocenters. The van der Waals surface area contributed by atoms with Crippen LogP contribution in [-0.2, 0) is 18.3 Å². The Labute approximate surface area is 182 Å². The summed E-state index contributed by atoms with van der Waals surface area (Å²) < 4.78 is 7.69. The van der Waals surface area contributed by atoms with Crippen molar-refractivity contribution in [2.75, 3.05) is 26.4 Å². The van der Waals surface area contributed by atoms with Crippen molar-refractivity contribution in [3.8, 4) is 0 Å². The van der Waals surface area contributed by atoms with Gasteiger partial charge >= 0.3 is 0 Å². The number of fused-ring (bicyclic) bond motifs is 5. The lowest BCUT2D eigenvalue weighted by Gasteiger charge is -2.30. The highest BCUT2D eigenvalue weighted by molar-refractivity contribution is 6.20. The van der Waals surface area contributed by atoms with Crippen molar-refractivity contribution in [1.82, 2.24) is 9.88 Å². The van der Waals surface area contributed by atoms with Gasteiger partial charge < -0.3 is 24.8 Å². The second kappa shape index (κ2) is 9.33. The molecule has 0 saturated heterocycles. The summed E-state index contributed by atoms with van der Waals surface area (Å²) >= 11 is 0. The van der Waals surface area contributed by atoms with E-state index in [1.807, 2.05) is 6.92 Å². The lowest BCUT2D eigenvalue weighted by molar-refractivity contribution is 0.00752. The molecule has 5 nitrogen and oxygen atoms in total. The summed E-state index contributed by atoms with van der Waals surface area (Å²) in [6.45, 7) is 2.86. The van der Waals surface area contributed by atoms with E-state index in [2.05, 4.69) is 71.5 Å². The van der Waals surface area contributed by atoms with Crippen LogP contribution in [0.4, 0.5) is 0 Å². The summed E-state index contributed by atoms with van der Waals surface area (Å²) in [5.41, 5.74) is 2.64. The maximum atomic E-state index is 9.81. The van der Waals surface area contributed by atoms with Gasteiger partial charge in [-0.05, 0) is 41.5 Å². The van der Waals surface area contributed by atoms with Gasteiger partial charge in [-0.15, -0.1) is 12.4 Å². The summed E-state index contributed by atoms with van der Waals surface area (Å²) in [6.07, 6.45) is 0. The second-order valence-electron chi connectivity index (χ2n) is 7.68. The van der Waals surface area contributed by atoms with Crippen molar-refractivity contribution in [1.29, 1.82) is 0 Å². The molecule has 0 amide bonds. The van der Waals surface area contributed by atoms with Gasteiger partial charge in [0.1, 0.15) is 0 Å². The van der Waals surface area contributed by atoms with Crippen LogP contribution in [0.2, 0.25) is 0 Å². The first-order chi connectivity index (χ1) is 14.1. The number of hydrogen-bond acceptors (Lipinski definition) is 4. The van der Waals surface area contributed by atoms with Gasteiger partial charge in [-0.25, -0.2) is 0 Å². The highest BCUT2D eigenvalue weighted by Crippen LogP contribution is 2.34. The quantitative estimate of drug-likeness (QED) is 0.400. The molecular formula is C24H29ClN2O3. The zero-order valence-corrected chi connectivity index (χ0v) is 18.2. The van der Waals surface area contributed by atoms with E-state index in [0.717, 1.165) is 5.56 Å². The smallest absolute Gasteiger partial charge is 0.0886 e. The third-order valence-electron chi connectivity index (χ3n) is 5.82. The maximum absolute atomic E-state index is 9.81. The molecule has 4 rings (SSSR count). The van der Waals surface area contributed by atoms with Crippen molar-refractivity contribution in [3.63, 3.8) is 0 Å². The number of nitrogens with one attached hydrogen (secondary N) is 1. The summed E-state index contributed by atoms with van der Waals surface area (Å²) in [5.74, 6) is 0. The number of aryl methyl sites for hydroxylation is 1. The number of rotatable bonds is 8. The van der Waals surface area contributed by atoms with Crippen molar-refractivity contribution in [3.05, 3.63) is 60.2 Å². The first kappa shape index (κ1) is 22.5. The largest absolute Gasteiger partial charge is 0.394 e. The third-order valence-corrected chi connectivity index (χ3v) is 5.82. The molecule has 0 spiro atoms.